The minimum absolute atomic E-state index is 0.649. The summed E-state index contributed by atoms with van der Waals surface area (Å²) in [4.78, 5) is 14.0. The summed E-state index contributed by atoms with van der Waals surface area (Å²) in [5.74, 6) is 3.19. The second kappa shape index (κ2) is 12.0. The van der Waals surface area contributed by atoms with Gasteiger partial charge in [0.25, 0.3) is 0 Å². The summed E-state index contributed by atoms with van der Waals surface area (Å²) in [6.07, 6.45) is 6.53. The molecule has 7 heteroatoms. The second-order valence-corrected chi connectivity index (χ2v) is 7.62. The molecule has 0 aromatic carbocycles. The van der Waals surface area contributed by atoms with E-state index in [2.05, 4.69) is 62.8 Å². The van der Waals surface area contributed by atoms with Gasteiger partial charge in [-0.3, -0.25) is 0 Å². The number of unbranched alkanes of at least 4 members (excludes halogenated alkanes) is 1. The number of anilines is 1. The molecule has 1 saturated heterocycles. The average Bonchev–Trinajstić information content (AvgIpc) is 2.67. The van der Waals surface area contributed by atoms with E-state index in [0.29, 0.717) is 6.54 Å². The fraction of sp³-hybridized carbons (Fsp3) is 0.684. The van der Waals surface area contributed by atoms with Crippen LogP contribution in [-0.4, -0.2) is 74.2 Å². The Morgan fingerprint density at radius 1 is 1.19 bits per heavy atom. The van der Waals surface area contributed by atoms with Gasteiger partial charge in [-0.05, 0) is 50.5 Å². The van der Waals surface area contributed by atoms with Crippen LogP contribution in [0.3, 0.4) is 0 Å². The molecule has 1 aromatic heterocycles. The predicted molar refractivity (Wildman–Crippen MR) is 114 cm³/mol. The van der Waals surface area contributed by atoms with Crippen LogP contribution in [0.5, 0.6) is 0 Å². The van der Waals surface area contributed by atoms with E-state index in [1.165, 1.54) is 18.6 Å². The number of hydrogen-bond acceptors (Lipinski definition) is 5. The third-order valence-electron chi connectivity index (χ3n) is 4.47. The van der Waals surface area contributed by atoms with Crippen LogP contribution < -0.4 is 15.5 Å². The lowest BCUT2D eigenvalue weighted by Gasteiger charge is -2.33. The van der Waals surface area contributed by atoms with Crippen molar-refractivity contribution in [3.8, 4) is 0 Å². The van der Waals surface area contributed by atoms with Crippen molar-refractivity contribution in [2.45, 2.75) is 26.3 Å². The lowest BCUT2D eigenvalue weighted by molar-refractivity contribution is 0.312. The summed E-state index contributed by atoms with van der Waals surface area (Å²) in [6.45, 7) is 8.88. The highest BCUT2D eigenvalue weighted by atomic mass is 32.2. The molecule has 0 aliphatic carbocycles. The first-order chi connectivity index (χ1) is 12.7. The van der Waals surface area contributed by atoms with Crippen molar-refractivity contribution < 1.29 is 0 Å². The zero-order chi connectivity index (χ0) is 18.6. The summed E-state index contributed by atoms with van der Waals surface area (Å²) in [5.41, 5.74) is 1.14. The monoisotopic (exact) mass is 378 g/mol. The van der Waals surface area contributed by atoms with E-state index in [-0.39, 0.29) is 0 Å². The molecule has 0 amide bonds. The molecule has 146 valence electrons. The molecule has 0 bridgehead atoms. The van der Waals surface area contributed by atoms with Crippen LogP contribution in [0, 0.1) is 0 Å². The third kappa shape index (κ3) is 7.41. The Kier molecular flexibility index (Phi) is 9.63. The van der Waals surface area contributed by atoms with E-state index in [9.17, 15) is 0 Å². The van der Waals surface area contributed by atoms with E-state index < -0.39 is 0 Å². The van der Waals surface area contributed by atoms with Crippen LogP contribution in [0.1, 0.15) is 25.3 Å². The smallest absolute Gasteiger partial charge is 0.191 e. The Morgan fingerprint density at radius 3 is 2.65 bits per heavy atom. The Balaban J connectivity index is 1.82. The number of rotatable bonds is 9. The maximum Gasteiger partial charge on any atom is 0.191 e. The zero-order valence-electron chi connectivity index (χ0n) is 16.5. The summed E-state index contributed by atoms with van der Waals surface area (Å²) in [7, 11) is 2.17. The van der Waals surface area contributed by atoms with Gasteiger partial charge in [0.2, 0.25) is 0 Å². The van der Waals surface area contributed by atoms with Gasteiger partial charge in [-0.1, -0.05) is 6.07 Å². The highest BCUT2D eigenvalue weighted by Gasteiger charge is 2.14. The van der Waals surface area contributed by atoms with Gasteiger partial charge in [-0.25, -0.2) is 9.98 Å². The first-order valence-corrected chi connectivity index (χ1v) is 11.0. The van der Waals surface area contributed by atoms with E-state index in [1.54, 1.807) is 0 Å². The van der Waals surface area contributed by atoms with Gasteiger partial charge in [0.1, 0.15) is 5.82 Å². The molecule has 6 nitrogen and oxygen atoms in total. The largest absolute Gasteiger partial charge is 0.357 e. The van der Waals surface area contributed by atoms with Crippen molar-refractivity contribution in [2.75, 3.05) is 63.2 Å². The maximum absolute atomic E-state index is 4.68. The molecule has 1 fully saturated rings. The molecule has 26 heavy (non-hydrogen) atoms. The molecule has 0 saturated carbocycles. The van der Waals surface area contributed by atoms with E-state index >= 15 is 0 Å². The Bertz CT molecular complexity index is 525. The summed E-state index contributed by atoms with van der Waals surface area (Å²) < 4.78 is 0. The minimum atomic E-state index is 0.649. The number of hydrogen-bond donors (Lipinski definition) is 2. The standard InChI is InChI=1S/C19H34N6S/c1-4-20-19(21-9-5-6-14-26-3)23-16-17-7-8-18(22-15-17)25-12-10-24(2)11-13-25/h7-8,15H,4-6,9-14,16H2,1-3H3,(H2,20,21,23). The first kappa shape index (κ1) is 20.8. The maximum atomic E-state index is 4.68. The number of pyridine rings is 1. The van der Waals surface area contributed by atoms with Crippen molar-refractivity contribution in [2.24, 2.45) is 4.99 Å². The lowest BCUT2D eigenvalue weighted by Crippen LogP contribution is -2.44. The Hall–Kier alpha value is -1.47. The Labute approximate surface area is 162 Å². The fourth-order valence-electron chi connectivity index (χ4n) is 2.82. The molecule has 0 spiro atoms. The number of likely N-dealkylation sites (N-methyl/N-ethyl adjacent to an activating group) is 1. The van der Waals surface area contributed by atoms with E-state index in [4.69, 9.17) is 0 Å². The molecule has 2 N–H and O–H groups in total. The van der Waals surface area contributed by atoms with Crippen molar-refractivity contribution in [1.29, 1.82) is 0 Å². The van der Waals surface area contributed by atoms with Crippen molar-refractivity contribution in [3.05, 3.63) is 23.9 Å². The quantitative estimate of drug-likeness (QED) is 0.390. The van der Waals surface area contributed by atoms with Crippen molar-refractivity contribution >= 4 is 23.5 Å². The first-order valence-electron chi connectivity index (χ1n) is 9.62. The van der Waals surface area contributed by atoms with Gasteiger partial charge in [-0.2, -0.15) is 11.8 Å². The third-order valence-corrected chi connectivity index (χ3v) is 5.16. The van der Waals surface area contributed by atoms with Gasteiger partial charge in [0.15, 0.2) is 5.96 Å². The molecule has 1 aromatic rings. The summed E-state index contributed by atoms with van der Waals surface area (Å²) >= 11 is 1.90. The Morgan fingerprint density at radius 2 is 2.00 bits per heavy atom. The normalized spacial score (nSPS) is 16.0. The average molecular weight is 379 g/mol. The van der Waals surface area contributed by atoms with E-state index in [1.807, 2.05) is 18.0 Å². The van der Waals surface area contributed by atoms with Crippen molar-refractivity contribution in [1.82, 2.24) is 20.5 Å². The molecular formula is C19H34N6S. The number of guanidine groups is 1. The molecule has 2 rings (SSSR count). The highest BCUT2D eigenvalue weighted by Crippen LogP contribution is 2.14. The predicted octanol–water partition coefficient (Wildman–Crippen LogP) is 2.03. The number of nitrogens with zero attached hydrogens (tertiary/aromatic N) is 4. The topological polar surface area (TPSA) is 55.8 Å². The summed E-state index contributed by atoms with van der Waals surface area (Å²) in [6, 6.07) is 4.27. The second-order valence-electron chi connectivity index (χ2n) is 6.64. The molecule has 0 unspecified atom stereocenters. The van der Waals surface area contributed by atoms with Crippen LogP contribution in [0.4, 0.5) is 5.82 Å². The van der Waals surface area contributed by atoms with E-state index in [0.717, 1.165) is 56.6 Å². The molecule has 1 aliphatic rings. The van der Waals surface area contributed by atoms with Gasteiger partial charge in [0, 0.05) is 45.5 Å². The van der Waals surface area contributed by atoms with Gasteiger partial charge in [0.05, 0.1) is 6.54 Å². The molecule has 0 atom stereocenters. The minimum Gasteiger partial charge on any atom is -0.357 e. The van der Waals surface area contributed by atoms with Crippen LogP contribution in [0.15, 0.2) is 23.3 Å². The van der Waals surface area contributed by atoms with Gasteiger partial charge in [-0.15, -0.1) is 0 Å². The van der Waals surface area contributed by atoms with Crippen LogP contribution >= 0.6 is 11.8 Å². The van der Waals surface area contributed by atoms with Crippen LogP contribution in [-0.2, 0) is 6.54 Å². The lowest BCUT2D eigenvalue weighted by atomic mass is 10.2. The summed E-state index contributed by atoms with van der Waals surface area (Å²) in [5, 5.41) is 6.72. The number of thioether (sulfide) groups is 1. The number of aliphatic imine (C=N–C) groups is 1. The number of piperazine rings is 1. The SMILES string of the molecule is CCNC(=NCc1ccc(N2CCN(C)CC2)nc1)NCCCCSC. The molecule has 0 radical (unpaired) electrons. The molecule has 1 aliphatic heterocycles. The fourth-order valence-corrected chi connectivity index (χ4v) is 3.32. The number of nitrogens with one attached hydrogen (secondary N) is 2. The van der Waals surface area contributed by atoms with Crippen molar-refractivity contribution in [3.63, 3.8) is 0 Å². The molecular weight excluding hydrogens is 344 g/mol. The van der Waals surface area contributed by atoms with Crippen LogP contribution in [0.2, 0.25) is 0 Å². The zero-order valence-corrected chi connectivity index (χ0v) is 17.3. The van der Waals surface area contributed by atoms with Gasteiger partial charge < -0.3 is 20.4 Å². The van der Waals surface area contributed by atoms with Crippen LogP contribution in [0.25, 0.3) is 0 Å². The highest BCUT2D eigenvalue weighted by molar-refractivity contribution is 7.98. The number of aromatic nitrogens is 1. The molecule has 2 heterocycles. The van der Waals surface area contributed by atoms with Gasteiger partial charge >= 0.3 is 0 Å².